The SMILES string of the molecule is CC1=C(c2ccccc2)[P@]2(=O)C[C@@]1(C)[C@H](c1ccccc1)[C@H]2c1ccccc1. The molecule has 0 amide bonds. The van der Waals surface area contributed by atoms with Crippen molar-refractivity contribution in [1.82, 2.24) is 0 Å². The highest BCUT2D eigenvalue weighted by molar-refractivity contribution is 7.75. The van der Waals surface area contributed by atoms with Crippen LogP contribution < -0.4 is 0 Å². The lowest BCUT2D eigenvalue weighted by atomic mass is 9.67. The van der Waals surface area contributed by atoms with E-state index in [2.05, 4.69) is 92.7 Å². The topological polar surface area (TPSA) is 17.1 Å². The fourth-order valence-corrected chi connectivity index (χ4v) is 10.8. The van der Waals surface area contributed by atoms with Crippen molar-refractivity contribution in [2.24, 2.45) is 5.41 Å². The van der Waals surface area contributed by atoms with Gasteiger partial charge in [0.1, 0.15) is 7.14 Å². The van der Waals surface area contributed by atoms with Crippen LogP contribution in [0.15, 0.2) is 96.6 Å². The quantitative estimate of drug-likeness (QED) is 0.432. The van der Waals surface area contributed by atoms with Crippen LogP contribution >= 0.6 is 7.14 Å². The Hall–Kier alpha value is -2.37. The molecule has 0 radical (unpaired) electrons. The summed E-state index contributed by atoms with van der Waals surface area (Å²) in [5, 5.41) is 1.14. The monoisotopic (exact) mass is 384 g/mol. The lowest BCUT2D eigenvalue weighted by Crippen LogP contribution is -2.27. The number of fused-ring (bicyclic) bond motifs is 2. The minimum Gasteiger partial charge on any atom is -0.318 e. The third-order valence-electron chi connectivity index (χ3n) is 6.95. The van der Waals surface area contributed by atoms with Gasteiger partial charge in [-0.15, -0.1) is 0 Å². The standard InChI is InChI=1S/C26H25OP/c1-19-24(21-14-8-4-9-15-21)28(27)18-26(19,2)23(20-12-6-3-7-13-20)25(28)22-16-10-5-11-17-22/h3-17,23,25H,18H2,1-2H3/t23-,25-,26-,28-/m1/s1. The summed E-state index contributed by atoms with van der Waals surface area (Å²) in [5.41, 5.74) is 4.94. The van der Waals surface area contributed by atoms with Crippen LogP contribution in [0.2, 0.25) is 0 Å². The summed E-state index contributed by atoms with van der Waals surface area (Å²) in [6.07, 6.45) is 0.773. The van der Waals surface area contributed by atoms with E-state index in [4.69, 9.17) is 0 Å². The van der Waals surface area contributed by atoms with Gasteiger partial charge in [-0.3, -0.25) is 0 Å². The van der Waals surface area contributed by atoms with Crippen LogP contribution in [-0.2, 0) is 4.57 Å². The van der Waals surface area contributed by atoms with Gasteiger partial charge in [-0.2, -0.15) is 0 Å². The van der Waals surface area contributed by atoms with Gasteiger partial charge < -0.3 is 4.57 Å². The smallest absolute Gasteiger partial charge is 0.124 e. The van der Waals surface area contributed by atoms with Crippen molar-refractivity contribution >= 4 is 12.5 Å². The average molecular weight is 384 g/mol. The summed E-state index contributed by atoms with van der Waals surface area (Å²) in [4.78, 5) is 0. The maximum Gasteiger partial charge on any atom is 0.124 e. The molecule has 0 aromatic heterocycles. The molecule has 0 N–H and O–H groups in total. The van der Waals surface area contributed by atoms with Crippen LogP contribution in [0.5, 0.6) is 0 Å². The second-order valence-electron chi connectivity index (χ2n) is 8.45. The molecule has 2 heterocycles. The second-order valence-corrected chi connectivity index (χ2v) is 11.4. The fourth-order valence-electron chi connectivity index (χ4n) is 5.72. The van der Waals surface area contributed by atoms with Crippen molar-refractivity contribution in [3.63, 3.8) is 0 Å². The van der Waals surface area contributed by atoms with Crippen LogP contribution in [0.4, 0.5) is 0 Å². The fraction of sp³-hybridized carbons (Fsp3) is 0.231. The van der Waals surface area contributed by atoms with E-state index < -0.39 is 7.14 Å². The van der Waals surface area contributed by atoms with E-state index in [1.54, 1.807) is 0 Å². The first kappa shape index (κ1) is 17.7. The van der Waals surface area contributed by atoms with Gasteiger partial charge in [0.2, 0.25) is 0 Å². The number of rotatable bonds is 3. The highest BCUT2D eigenvalue weighted by atomic mass is 31.2. The van der Waals surface area contributed by atoms with Gasteiger partial charge in [-0.1, -0.05) is 103 Å². The predicted octanol–water partition coefficient (Wildman–Crippen LogP) is 7.34. The van der Waals surface area contributed by atoms with E-state index >= 15 is 0 Å². The molecule has 2 bridgehead atoms. The van der Waals surface area contributed by atoms with E-state index in [1.807, 2.05) is 12.1 Å². The number of allylic oxidation sites excluding steroid dienone is 1. The zero-order valence-electron chi connectivity index (χ0n) is 16.4. The molecule has 28 heavy (non-hydrogen) atoms. The van der Waals surface area contributed by atoms with Gasteiger partial charge in [-0.25, -0.2) is 0 Å². The van der Waals surface area contributed by atoms with Gasteiger partial charge in [0.25, 0.3) is 0 Å². The van der Waals surface area contributed by atoms with Crippen molar-refractivity contribution in [1.29, 1.82) is 0 Å². The van der Waals surface area contributed by atoms with E-state index in [0.717, 1.165) is 17.0 Å². The summed E-state index contributed by atoms with van der Waals surface area (Å²) < 4.78 is 14.8. The molecule has 0 aliphatic carbocycles. The molecule has 0 saturated carbocycles. The summed E-state index contributed by atoms with van der Waals surface area (Å²) in [6, 6.07) is 31.7. The highest BCUT2D eigenvalue weighted by Gasteiger charge is 2.65. The van der Waals surface area contributed by atoms with Crippen LogP contribution in [0.1, 0.15) is 42.1 Å². The Balaban J connectivity index is 1.79. The molecule has 2 heteroatoms. The first-order valence-electron chi connectivity index (χ1n) is 10.0. The molecule has 4 atom stereocenters. The van der Waals surface area contributed by atoms with Gasteiger partial charge >= 0.3 is 0 Å². The summed E-state index contributed by atoms with van der Waals surface area (Å²) in [6.45, 7) is 4.56. The van der Waals surface area contributed by atoms with Crippen LogP contribution in [-0.4, -0.2) is 6.16 Å². The zero-order valence-corrected chi connectivity index (χ0v) is 17.3. The molecule has 5 rings (SSSR count). The van der Waals surface area contributed by atoms with Gasteiger partial charge in [0.05, 0.1) is 0 Å². The Kier molecular flexibility index (Phi) is 4.00. The summed E-state index contributed by atoms with van der Waals surface area (Å²) >= 11 is 0. The van der Waals surface area contributed by atoms with Crippen LogP contribution in [0.25, 0.3) is 5.31 Å². The van der Waals surface area contributed by atoms with Crippen molar-refractivity contribution < 1.29 is 4.57 Å². The molecular weight excluding hydrogens is 359 g/mol. The Morgan fingerprint density at radius 2 is 1.29 bits per heavy atom. The Bertz CT molecular complexity index is 1090. The first-order chi connectivity index (χ1) is 13.6. The van der Waals surface area contributed by atoms with Crippen LogP contribution in [0, 0.1) is 5.41 Å². The third-order valence-corrected chi connectivity index (χ3v) is 10.9. The Morgan fingerprint density at radius 1 is 0.786 bits per heavy atom. The minimum atomic E-state index is -2.60. The zero-order chi connectivity index (χ0) is 19.4. The molecule has 2 aliphatic heterocycles. The molecule has 1 fully saturated rings. The summed E-state index contributed by atoms with van der Waals surface area (Å²) in [7, 11) is -2.60. The van der Waals surface area contributed by atoms with E-state index in [9.17, 15) is 4.57 Å². The number of benzene rings is 3. The van der Waals surface area contributed by atoms with E-state index in [0.29, 0.717) is 0 Å². The molecule has 3 aromatic rings. The minimum absolute atomic E-state index is 0.0417. The number of hydrogen-bond donors (Lipinski definition) is 0. The normalized spacial score (nSPS) is 31.4. The van der Waals surface area contributed by atoms with Crippen molar-refractivity contribution in [2.45, 2.75) is 25.4 Å². The summed E-state index contributed by atoms with van der Waals surface area (Å²) in [5.74, 6) is 0.245. The van der Waals surface area contributed by atoms with Crippen molar-refractivity contribution in [3.05, 3.63) is 113 Å². The van der Waals surface area contributed by atoms with Crippen molar-refractivity contribution in [3.8, 4) is 0 Å². The Labute approximate surface area is 167 Å². The van der Waals surface area contributed by atoms with Crippen LogP contribution in [0.3, 0.4) is 0 Å². The lowest BCUT2D eigenvalue weighted by molar-refractivity contribution is 0.372. The molecule has 1 saturated heterocycles. The third kappa shape index (κ3) is 2.36. The molecule has 1 nitrogen and oxygen atoms in total. The molecule has 140 valence electrons. The molecule has 3 aromatic carbocycles. The molecule has 0 unspecified atom stereocenters. The average Bonchev–Trinajstić information content (AvgIpc) is 3.10. The largest absolute Gasteiger partial charge is 0.318 e. The Morgan fingerprint density at radius 3 is 1.86 bits per heavy atom. The molecular formula is C26H25OP. The van der Waals surface area contributed by atoms with Crippen molar-refractivity contribution in [2.75, 3.05) is 6.16 Å². The van der Waals surface area contributed by atoms with E-state index in [1.165, 1.54) is 16.7 Å². The molecule has 0 spiro atoms. The maximum absolute atomic E-state index is 14.8. The second kappa shape index (κ2) is 6.33. The maximum atomic E-state index is 14.8. The van der Waals surface area contributed by atoms with Gasteiger partial charge in [-0.05, 0) is 23.6 Å². The lowest BCUT2D eigenvalue weighted by Gasteiger charge is -2.39. The highest BCUT2D eigenvalue weighted by Crippen LogP contribution is 2.87. The number of hydrogen-bond acceptors (Lipinski definition) is 1. The van der Waals surface area contributed by atoms with Gasteiger partial charge in [0, 0.05) is 28.5 Å². The van der Waals surface area contributed by atoms with E-state index in [-0.39, 0.29) is 17.0 Å². The molecule has 2 aliphatic rings. The van der Waals surface area contributed by atoms with Gasteiger partial charge in [0.15, 0.2) is 0 Å². The first-order valence-corrected chi connectivity index (χ1v) is 12.0. The predicted molar refractivity (Wildman–Crippen MR) is 118 cm³/mol.